The standard InChI is InChI=1S/C17H22N4O2/c1-12-5-7-14(8-6-12)21-13(2)15(19-20-21)16(22)18-11-17(23)9-3-4-10-17/h5-8,23H,3-4,9-11H2,1-2H3,(H,18,22). The van der Waals surface area contributed by atoms with Gasteiger partial charge in [-0.05, 0) is 38.8 Å². The lowest BCUT2D eigenvalue weighted by Gasteiger charge is -2.21. The third-order valence-electron chi connectivity index (χ3n) is 4.50. The second-order valence-electron chi connectivity index (χ2n) is 6.38. The number of hydrogen-bond acceptors (Lipinski definition) is 4. The summed E-state index contributed by atoms with van der Waals surface area (Å²) in [6, 6.07) is 7.87. The van der Waals surface area contributed by atoms with Crippen molar-refractivity contribution in [1.29, 1.82) is 0 Å². The van der Waals surface area contributed by atoms with E-state index >= 15 is 0 Å². The summed E-state index contributed by atoms with van der Waals surface area (Å²) < 4.78 is 1.65. The molecule has 6 nitrogen and oxygen atoms in total. The highest BCUT2D eigenvalue weighted by atomic mass is 16.3. The lowest BCUT2D eigenvalue weighted by atomic mass is 10.0. The monoisotopic (exact) mass is 314 g/mol. The molecule has 0 aliphatic heterocycles. The normalized spacial score (nSPS) is 16.5. The molecule has 0 unspecified atom stereocenters. The molecule has 23 heavy (non-hydrogen) atoms. The summed E-state index contributed by atoms with van der Waals surface area (Å²) in [4.78, 5) is 12.3. The Morgan fingerprint density at radius 1 is 1.26 bits per heavy atom. The van der Waals surface area contributed by atoms with Crippen molar-refractivity contribution in [3.05, 3.63) is 41.2 Å². The van der Waals surface area contributed by atoms with Gasteiger partial charge >= 0.3 is 0 Å². The Bertz CT molecular complexity index is 700. The number of aliphatic hydroxyl groups is 1. The third kappa shape index (κ3) is 3.27. The lowest BCUT2D eigenvalue weighted by molar-refractivity contribution is 0.0448. The zero-order valence-electron chi connectivity index (χ0n) is 13.5. The molecule has 0 atom stereocenters. The van der Waals surface area contributed by atoms with Gasteiger partial charge in [-0.3, -0.25) is 4.79 Å². The Hall–Kier alpha value is -2.21. The third-order valence-corrected chi connectivity index (χ3v) is 4.50. The van der Waals surface area contributed by atoms with Crippen LogP contribution in [0, 0.1) is 13.8 Å². The minimum absolute atomic E-state index is 0.267. The first-order valence-electron chi connectivity index (χ1n) is 7.98. The van der Waals surface area contributed by atoms with Gasteiger partial charge in [0.15, 0.2) is 5.69 Å². The summed E-state index contributed by atoms with van der Waals surface area (Å²) in [6.45, 7) is 4.10. The van der Waals surface area contributed by atoms with E-state index in [9.17, 15) is 9.90 Å². The second-order valence-corrected chi connectivity index (χ2v) is 6.38. The average molecular weight is 314 g/mol. The largest absolute Gasteiger partial charge is 0.388 e. The molecule has 0 radical (unpaired) electrons. The van der Waals surface area contributed by atoms with Crippen LogP contribution >= 0.6 is 0 Å². The van der Waals surface area contributed by atoms with E-state index in [1.807, 2.05) is 38.1 Å². The molecule has 2 aromatic rings. The van der Waals surface area contributed by atoms with Crippen molar-refractivity contribution < 1.29 is 9.90 Å². The van der Waals surface area contributed by atoms with Gasteiger partial charge in [0.05, 0.1) is 17.0 Å². The molecular weight excluding hydrogens is 292 g/mol. The molecule has 3 rings (SSSR count). The van der Waals surface area contributed by atoms with Crippen molar-refractivity contribution in [3.8, 4) is 5.69 Å². The molecule has 1 saturated carbocycles. The van der Waals surface area contributed by atoms with Gasteiger partial charge in [-0.15, -0.1) is 5.10 Å². The second kappa shape index (κ2) is 6.12. The number of nitrogens with zero attached hydrogens (tertiary/aromatic N) is 3. The van der Waals surface area contributed by atoms with Crippen molar-refractivity contribution in [2.75, 3.05) is 6.54 Å². The molecule has 1 fully saturated rings. The molecule has 0 spiro atoms. The zero-order chi connectivity index (χ0) is 16.4. The van der Waals surface area contributed by atoms with E-state index in [2.05, 4.69) is 15.6 Å². The fourth-order valence-electron chi connectivity index (χ4n) is 3.01. The number of carbonyl (C=O) groups is 1. The fourth-order valence-corrected chi connectivity index (χ4v) is 3.01. The molecule has 0 bridgehead atoms. The molecule has 6 heteroatoms. The van der Waals surface area contributed by atoms with Crippen LogP contribution in [0.4, 0.5) is 0 Å². The van der Waals surface area contributed by atoms with Gasteiger partial charge in [-0.25, -0.2) is 4.68 Å². The Balaban J connectivity index is 1.73. The van der Waals surface area contributed by atoms with Crippen molar-refractivity contribution in [1.82, 2.24) is 20.3 Å². The summed E-state index contributed by atoms with van der Waals surface area (Å²) in [5.74, 6) is -0.291. The first-order valence-corrected chi connectivity index (χ1v) is 7.98. The predicted octanol–water partition coefficient (Wildman–Crippen LogP) is 1.92. The van der Waals surface area contributed by atoms with Crippen LogP contribution in [0.2, 0.25) is 0 Å². The molecule has 1 aliphatic carbocycles. The van der Waals surface area contributed by atoms with E-state index < -0.39 is 5.60 Å². The van der Waals surface area contributed by atoms with Gasteiger partial charge < -0.3 is 10.4 Å². The molecular formula is C17H22N4O2. The Labute approximate surface area is 135 Å². The molecule has 1 heterocycles. The van der Waals surface area contributed by atoms with E-state index in [0.717, 1.165) is 36.9 Å². The number of carbonyl (C=O) groups excluding carboxylic acids is 1. The molecule has 0 saturated heterocycles. The van der Waals surface area contributed by atoms with E-state index in [1.54, 1.807) is 4.68 Å². The molecule has 122 valence electrons. The highest BCUT2D eigenvalue weighted by Crippen LogP contribution is 2.28. The predicted molar refractivity (Wildman–Crippen MR) is 86.6 cm³/mol. The Morgan fingerprint density at radius 3 is 2.57 bits per heavy atom. The topological polar surface area (TPSA) is 80.0 Å². The zero-order valence-corrected chi connectivity index (χ0v) is 13.5. The number of aromatic nitrogens is 3. The highest BCUT2D eigenvalue weighted by molar-refractivity contribution is 5.93. The number of benzene rings is 1. The van der Waals surface area contributed by atoms with Crippen LogP contribution in [0.25, 0.3) is 5.69 Å². The fraction of sp³-hybridized carbons (Fsp3) is 0.471. The molecule has 2 N–H and O–H groups in total. The number of rotatable bonds is 4. The van der Waals surface area contributed by atoms with Crippen LogP contribution in [-0.4, -0.2) is 38.2 Å². The molecule has 1 aromatic heterocycles. The lowest BCUT2D eigenvalue weighted by Crippen LogP contribution is -2.41. The first kappa shape index (κ1) is 15.7. The first-order chi connectivity index (χ1) is 11.0. The smallest absolute Gasteiger partial charge is 0.273 e. The summed E-state index contributed by atoms with van der Waals surface area (Å²) in [5, 5.41) is 21.2. The van der Waals surface area contributed by atoms with Crippen molar-refractivity contribution >= 4 is 5.91 Å². The van der Waals surface area contributed by atoms with E-state index in [1.165, 1.54) is 0 Å². The SMILES string of the molecule is Cc1ccc(-n2nnc(C(=O)NCC3(O)CCCC3)c2C)cc1. The van der Waals surface area contributed by atoms with Gasteiger partial charge in [0.1, 0.15) is 0 Å². The number of amides is 1. The highest BCUT2D eigenvalue weighted by Gasteiger charge is 2.32. The van der Waals surface area contributed by atoms with Gasteiger partial charge in [0, 0.05) is 6.54 Å². The number of nitrogens with one attached hydrogen (secondary N) is 1. The van der Waals surface area contributed by atoms with E-state index in [-0.39, 0.29) is 12.5 Å². The Kier molecular flexibility index (Phi) is 4.17. The van der Waals surface area contributed by atoms with Gasteiger partial charge in [-0.1, -0.05) is 35.8 Å². The van der Waals surface area contributed by atoms with Crippen LogP contribution in [0.3, 0.4) is 0 Å². The maximum Gasteiger partial charge on any atom is 0.273 e. The minimum atomic E-state index is -0.767. The Morgan fingerprint density at radius 2 is 1.91 bits per heavy atom. The number of aryl methyl sites for hydroxylation is 1. The quantitative estimate of drug-likeness (QED) is 0.903. The van der Waals surface area contributed by atoms with Crippen molar-refractivity contribution in [2.45, 2.75) is 45.1 Å². The van der Waals surface area contributed by atoms with Gasteiger partial charge in [-0.2, -0.15) is 0 Å². The summed E-state index contributed by atoms with van der Waals surface area (Å²) in [5.41, 5.74) is 2.25. The van der Waals surface area contributed by atoms with Gasteiger partial charge in [0.25, 0.3) is 5.91 Å². The molecule has 1 aromatic carbocycles. The van der Waals surface area contributed by atoms with Crippen LogP contribution in [0.1, 0.15) is 47.4 Å². The maximum absolute atomic E-state index is 12.3. The molecule has 1 amide bonds. The van der Waals surface area contributed by atoms with E-state index in [0.29, 0.717) is 11.4 Å². The maximum atomic E-state index is 12.3. The van der Waals surface area contributed by atoms with Crippen molar-refractivity contribution in [3.63, 3.8) is 0 Å². The minimum Gasteiger partial charge on any atom is -0.388 e. The van der Waals surface area contributed by atoms with Crippen molar-refractivity contribution in [2.24, 2.45) is 0 Å². The average Bonchev–Trinajstić information content (AvgIpc) is 3.13. The number of hydrogen-bond donors (Lipinski definition) is 2. The van der Waals surface area contributed by atoms with Gasteiger partial charge in [0.2, 0.25) is 0 Å². The van der Waals surface area contributed by atoms with Crippen LogP contribution in [0.15, 0.2) is 24.3 Å². The summed E-state index contributed by atoms with van der Waals surface area (Å²) in [7, 11) is 0. The van der Waals surface area contributed by atoms with Crippen LogP contribution in [-0.2, 0) is 0 Å². The summed E-state index contributed by atoms with van der Waals surface area (Å²) >= 11 is 0. The summed E-state index contributed by atoms with van der Waals surface area (Å²) in [6.07, 6.45) is 3.49. The van der Waals surface area contributed by atoms with E-state index in [4.69, 9.17) is 0 Å². The van der Waals surface area contributed by atoms with Crippen LogP contribution in [0.5, 0.6) is 0 Å². The van der Waals surface area contributed by atoms with Crippen LogP contribution < -0.4 is 5.32 Å². The molecule has 1 aliphatic rings.